The molecule has 13 heteroatoms. The third-order valence-electron chi connectivity index (χ3n) is 5.69. The highest BCUT2D eigenvalue weighted by Crippen LogP contribution is 2.17. The van der Waals surface area contributed by atoms with E-state index in [2.05, 4.69) is 16.0 Å². The number of nitrogens with one attached hydrogen (secondary N) is 4. The molecule has 214 valence electrons. The molecule has 0 rings (SSSR count). The van der Waals surface area contributed by atoms with Gasteiger partial charge >= 0.3 is 0 Å². The molecular weight excluding hydrogens is 484 g/mol. The summed E-state index contributed by atoms with van der Waals surface area (Å²) in [4.78, 5) is 62.4. The summed E-state index contributed by atoms with van der Waals surface area (Å²) in [7, 11) is 0. The molecule has 0 fully saturated rings. The first-order chi connectivity index (χ1) is 17.2. The van der Waals surface area contributed by atoms with Gasteiger partial charge in [0.2, 0.25) is 29.5 Å². The lowest BCUT2D eigenvalue weighted by Crippen LogP contribution is -2.60. The Morgan fingerprint density at radius 2 is 1.35 bits per heavy atom. The van der Waals surface area contributed by atoms with Crippen molar-refractivity contribution in [2.24, 2.45) is 29.2 Å². The van der Waals surface area contributed by atoms with Crippen LogP contribution in [0.4, 0.5) is 0 Å². The Morgan fingerprint density at radius 3 is 1.81 bits per heavy atom. The van der Waals surface area contributed by atoms with Gasteiger partial charge in [-0.15, -0.1) is 0 Å². The van der Waals surface area contributed by atoms with Gasteiger partial charge in [0.1, 0.15) is 18.1 Å². The number of hydroxylamine groups is 1. The zero-order valence-electron chi connectivity index (χ0n) is 22.6. The Morgan fingerprint density at radius 1 is 0.784 bits per heavy atom. The Bertz CT molecular complexity index is 760. The average Bonchev–Trinajstić information content (AvgIpc) is 2.79. The fraction of sp³-hybridized carbons (Fsp3) is 0.792. The number of rotatable bonds is 18. The summed E-state index contributed by atoms with van der Waals surface area (Å²) in [5, 5.41) is 26.6. The second kappa shape index (κ2) is 17.6. The quantitative estimate of drug-likeness (QED) is 0.0624. The second-order valence-electron chi connectivity index (χ2n) is 10.2. The monoisotopic (exact) mass is 530 g/mol. The third-order valence-corrected chi connectivity index (χ3v) is 5.69. The Hall–Kier alpha value is -2.77. The van der Waals surface area contributed by atoms with Crippen molar-refractivity contribution >= 4 is 29.5 Å². The lowest BCUT2D eigenvalue weighted by atomic mass is 9.92. The van der Waals surface area contributed by atoms with Gasteiger partial charge in [0.05, 0.1) is 6.10 Å². The van der Waals surface area contributed by atoms with Crippen molar-refractivity contribution in [3.8, 4) is 0 Å². The van der Waals surface area contributed by atoms with E-state index in [1.807, 2.05) is 27.7 Å². The van der Waals surface area contributed by atoms with E-state index in [9.17, 15) is 29.1 Å². The SMILES string of the molecule is CC(C)C[C@H](CC(=O)NO)C(=O)N[C@@H](CC(C)C)C(=O)N[C@H](C(=O)N[C@@H](CCCCN)C(N)=O)[C@@H](C)O. The van der Waals surface area contributed by atoms with Gasteiger partial charge in [-0.05, 0) is 57.4 Å². The number of primary amides is 1. The van der Waals surface area contributed by atoms with E-state index in [-0.39, 0.29) is 31.1 Å². The van der Waals surface area contributed by atoms with Gasteiger partial charge in [0.25, 0.3) is 0 Å². The number of carbonyl (C=O) groups is 5. The van der Waals surface area contributed by atoms with Crippen molar-refractivity contribution in [2.45, 2.75) is 97.4 Å². The number of nitrogens with two attached hydrogens (primary N) is 2. The first-order valence-electron chi connectivity index (χ1n) is 12.7. The van der Waals surface area contributed by atoms with Crippen LogP contribution < -0.4 is 32.9 Å². The molecule has 0 aromatic carbocycles. The molecule has 0 saturated carbocycles. The van der Waals surface area contributed by atoms with Gasteiger partial charge in [-0.25, -0.2) is 5.48 Å². The molecule has 0 saturated heterocycles. The van der Waals surface area contributed by atoms with Gasteiger partial charge in [0.15, 0.2) is 0 Å². The third kappa shape index (κ3) is 13.9. The molecule has 0 aromatic heterocycles. The van der Waals surface area contributed by atoms with Crippen molar-refractivity contribution in [3.05, 3.63) is 0 Å². The minimum absolute atomic E-state index is 0.0269. The summed E-state index contributed by atoms with van der Waals surface area (Å²) in [5.74, 6) is -4.31. The maximum Gasteiger partial charge on any atom is 0.245 e. The molecule has 0 aromatic rings. The Balaban J connectivity index is 5.62. The van der Waals surface area contributed by atoms with Gasteiger partial charge in [-0.1, -0.05) is 27.7 Å². The number of hydrogen-bond acceptors (Lipinski definition) is 8. The van der Waals surface area contributed by atoms with E-state index in [1.165, 1.54) is 12.4 Å². The zero-order chi connectivity index (χ0) is 28.7. The summed E-state index contributed by atoms with van der Waals surface area (Å²) in [5.41, 5.74) is 12.4. The molecule has 0 aliphatic rings. The summed E-state index contributed by atoms with van der Waals surface area (Å²) in [6.07, 6.45) is 0.396. The van der Waals surface area contributed by atoms with Crippen molar-refractivity contribution in [1.82, 2.24) is 21.4 Å². The predicted octanol–water partition coefficient (Wildman–Crippen LogP) is -0.960. The van der Waals surface area contributed by atoms with Crippen LogP contribution in [0, 0.1) is 17.8 Å². The number of unbranched alkanes of at least 4 members (excludes halogenated alkanes) is 1. The molecule has 5 amide bonds. The molecule has 0 aliphatic heterocycles. The summed E-state index contributed by atoms with van der Waals surface area (Å²) >= 11 is 0. The molecule has 10 N–H and O–H groups in total. The summed E-state index contributed by atoms with van der Waals surface area (Å²) in [6, 6.07) is -3.48. The van der Waals surface area contributed by atoms with Crippen LogP contribution in [-0.2, 0) is 24.0 Å². The predicted molar refractivity (Wildman–Crippen MR) is 137 cm³/mol. The minimum Gasteiger partial charge on any atom is -0.391 e. The highest BCUT2D eigenvalue weighted by Gasteiger charge is 2.33. The summed E-state index contributed by atoms with van der Waals surface area (Å²) < 4.78 is 0. The van der Waals surface area contributed by atoms with Crippen LogP contribution in [0.5, 0.6) is 0 Å². The Labute approximate surface area is 218 Å². The lowest BCUT2D eigenvalue weighted by molar-refractivity contribution is -0.138. The zero-order valence-corrected chi connectivity index (χ0v) is 22.6. The molecular formula is C24H46N6O7. The normalized spacial score (nSPS) is 15.3. The van der Waals surface area contributed by atoms with Crippen molar-refractivity contribution in [2.75, 3.05) is 6.54 Å². The molecule has 5 atom stereocenters. The van der Waals surface area contributed by atoms with Gasteiger partial charge in [0, 0.05) is 12.3 Å². The van der Waals surface area contributed by atoms with Crippen LogP contribution in [0.3, 0.4) is 0 Å². The van der Waals surface area contributed by atoms with Crippen LogP contribution in [0.15, 0.2) is 0 Å². The number of carbonyl (C=O) groups excluding carboxylic acids is 5. The maximum absolute atomic E-state index is 13.1. The highest BCUT2D eigenvalue weighted by atomic mass is 16.5. The van der Waals surface area contributed by atoms with E-state index >= 15 is 0 Å². The molecule has 0 spiro atoms. The van der Waals surface area contributed by atoms with Gasteiger partial charge in [-0.3, -0.25) is 29.2 Å². The molecule has 0 bridgehead atoms. The molecule has 13 nitrogen and oxygen atoms in total. The van der Waals surface area contributed by atoms with Crippen LogP contribution in [0.25, 0.3) is 0 Å². The van der Waals surface area contributed by atoms with E-state index in [0.717, 1.165) is 0 Å². The van der Waals surface area contributed by atoms with E-state index in [0.29, 0.717) is 25.8 Å². The lowest BCUT2D eigenvalue weighted by Gasteiger charge is -2.28. The Kier molecular flexibility index (Phi) is 16.3. The van der Waals surface area contributed by atoms with Crippen LogP contribution in [-0.4, -0.2) is 70.6 Å². The smallest absolute Gasteiger partial charge is 0.245 e. The number of hydrogen-bond donors (Lipinski definition) is 8. The molecule has 0 unspecified atom stereocenters. The van der Waals surface area contributed by atoms with Crippen LogP contribution >= 0.6 is 0 Å². The molecule has 0 radical (unpaired) electrons. The fourth-order valence-electron chi connectivity index (χ4n) is 3.81. The van der Waals surface area contributed by atoms with Crippen molar-refractivity contribution in [3.63, 3.8) is 0 Å². The van der Waals surface area contributed by atoms with Crippen molar-refractivity contribution in [1.29, 1.82) is 0 Å². The van der Waals surface area contributed by atoms with E-state index in [4.69, 9.17) is 16.7 Å². The number of aliphatic hydroxyl groups excluding tert-OH is 1. The first-order valence-corrected chi connectivity index (χ1v) is 12.7. The molecule has 37 heavy (non-hydrogen) atoms. The minimum atomic E-state index is -1.41. The van der Waals surface area contributed by atoms with Gasteiger partial charge < -0.3 is 32.5 Å². The first kappa shape index (κ1) is 34.2. The highest BCUT2D eigenvalue weighted by molar-refractivity contribution is 5.95. The van der Waals surface area contributed by atoms with E-state index in [1.54, 1.807) is 0 Å². The molecule has 0 aliphatic carbocycles. The van der Waals surface area contributed by atoms with Crippen LogP contribution in [0.1, 0.15) is 73.1 Å². The van der Waals surface area contributed by atoms with Crippen molar-refractivity contribution < 1.29 is 34.3 Å². The molecule has 0 heterocycles. The fourth-order valence-corrected chi connectivity index (χ4v) is 3.81. The second-order valence-corrected chi connectivity index (χ2v) is 10.2. The average molecular weight is 531 g/mol. The largest absolute Gasteiger partial charge is 0.391 e. The maximum atomic E-state index is 13.1. The number of aliphatic hydroxyl groups is 1. The van der Waals surface area contributed by atoms with Gasteiger partial charge in [-0.2, -0.15) is 0 Å². The number of amides is 5. The standard InChI is InChI=1S/C24H46N6O7/c1-13(2)10-16(12-19(32)30-37)22(34)28-18(11-14(3)4)23(35)29-20(15(5)31)24(36)27-17(21(26)33)8-6-7-9-25/h13-18,20,31,37H,6-12,25H2,1-5H3,(H2,26,33)(H,27,36)(H,28,34)(H,29,35)(H,30,32)/t15-,16-,17+,18+,20+/m1/s1. The van der Waals surface area contributed by atoms with E-state index < -0.39 is 59.7 Å². The topological polar surface area (TPSA) is 226 Å². The van der Waals surface area contributed by atoms with Crippen LogP contribution in [0.2, 0.25) is 0 Å². The summed E-state index contributed by atoms with van der Waals surface area (Å²) in [6.45, 7) is 9.15.